The van der Waals surface area contributed by atoms with Crippen molar-refractivity contribution < 1.29 is 39.7 Å². The zero-order chi connectivity index (χ0) is 15.1. The Kier molecular flexibility index (Phi) is 3.83. The van der Waals surface area contributed by atoms with Crippen molar-refractivity contribution in [2.45, 2.75) is 37.8 Å². The number of imidazole rings is 1. The molecule has 0 saturated heterocycles. The van der Waals surface area contributed by atoms with Gasteiger partial charge in [-0.15, -0.1) is 0 Å². The van der Waals surface area contributed by atoms with Crippen molar-refractivity contribution in [3.63, 3.8) is 0 Å². The zero-order valence-electron chi connectivity index (χ0n) is 9.43. The lowest BCUT2D eigenvalue weighted by Crippen LogP contribution is -2.53. The van der Waals surface area contributed by atoms with E-state index in [1.165, 1.54) is 6.92 Å². The van der Waals surface area contributed by atoms with Gasteiger partial charge < -0.3 is 0 Å². The second-order valence-electron chi connectivity index (χ2n) is 3.72. The van der Waals surface area contributed by atoms with E-state index < -0.39 is 24.3 Å². The maximum atomic E-state index is 13.3. The quantitative estimate of drug-likeness (QED) is 0.597. The van der Waals surface area contributed by atoms with Crippen molar-refractivity contribution in [2.24, 2.45) is 0 Å². The fourth-order valence-electron chi connectivity index (χ4n) is 1.25. The zero-order valence-corrected chi connectivity index (χ0v) is 9.43. The Morgan fingerprint density at radius 2 is 1.63 bits per heavy atom. The van der Waals surface area contributed by atoms with Gasteiger partial charge in [-0.2, -0.15) is 35.3 Å². The molecule has 0 radical (unpaired) electrons. The molecule has 0 aliphatic rings. The molecule has 1 unspecified atom stereocenters. The number of rotatable bonds is 4. The van der Waals surface area contributed by atoms with Crippen LogP contribution in [0.3, 0.4) is 0 Å². The van der Waals surface area contributed by atoms with Gasteiger partial charge in [-0.05, 0) is 6.92 Å². The summed E-state index contributed by atoms with van der Waals surface area (Å²) in [7, 11) is 0. The number of halogens is 8. The first-order valence-electron chi connectivity index (χ1n) is 4.98. The van der Waals surface area contributed by atoms with Gasteiger partial charge in [-0.3, -0.25) is 0 Å². The smallest absolute Gasteiger partial charge is 0.237 e. The lowest BCUT2D eigenvalue weighted by molar-refractivity contribution is -0.693. The number of hydrogen-bond donors (Lipinski definition) is 0. The third-order valence-corrected chi connectivity index (χ3v) is 2.40. The first-order valence-corrected chi connectivity index (χ1v) is 4.98. The monoisotopic (exact) mass is 297 g/mol. The summed E-state index contributed by atoms with van der Waals surface area (Å²) in [5.41, 5.74) is 0. The molecule has 0 saturated carbocycles. The summed E-state index contributed by atoms with van der Waals surface area (Å²) in [5.74, 6) is -6.15. The lowest BCUT2D eigenvalue weighted by Gasteiger charge is -2.26. The van der Waals surface area contributed by atoms with Gasteiger partial charge in [0.05, 0.1) is 6.54 Å². The highest BCUT2D eigenvalue weighted by molar-refractivity contribution is 4.92. The van der Waals surface area contributed by atoms with Crippen molar-refractivity contribution in [1.82, 2.24) is 4.57 Å². The van der Waals surface area contributed by atoms with Crippen molar-refractivity contribution in [3.05, 3.63) is 18.7 Å². The summed E-state index contributed by atoms with van der Waals surface area (Å²) < 4.78 is 101. The minimum absolute atomic E-state index is 0.162. The molecule has 0 aliphatic heterocycles. The molecule has 110 valence electrons. The molecule has 0 amide bonds. The molecule has 1 rings (SSSR count). The fourth-order valence-corrected chi connectivity index (χ4v) is 1.25. The molecular weight excluding hydrogens is 288 g/mol. The molecule has 0 aromatic carbocycles. The number of nitrogens with zero attached hydrogens (tertiary/aromatic N) is 2. The van der Waals surface area contributed by atoms with Gasteiger partial charge in [0.2, 0.25) is 6.33 Å². The highest BCUT2D eigenvalue weighted by Gasteiger charge is 2.72. The van der Waals surface area contributed by atoms with E-state index in [4.69, 9.17) is 0 Å². The first kappa shape index (κ1) is 15.7. The van der Waals surface area contributed by atoms with Gasteiger partial charge in [-0.1, -0.05) is 0 Å². The van der Waals surface area contributed by atoms with Crippen LogP contribution in [0.25, 0.3) is 0 Å². The van der Waals surface area contributed by atoms with Crippen LogP contribution in [0, 0.1) is 0 Å². The summed E-state index contributed by atoms with van der Waals surface area (Å²) in [6.07, 6.45) is -9.07. The first-order chi connectivity index (χ1) is 8.44. The maximum absolute atomic E-state index is 13.3. The maximum Gasteiger partial charge on any atom is 0.456 e. The fraction of sp³-hybridized carbons (Fsp3) is 0.667. The number of hydrogen-bond acceptors (Lipinski definition) is 0. The molecule has 0 bridgehead atoms. The van der Waals surface area contributed by atoms with Crippen LogP contribution in [-0.2, 0) is 12.6 Å². The molecule has 10 heteroatoms. The number of aryl methyl sites for hydroxylation is 1. The minimum Gasteiger partial charge on any atom is -0.237 e. The summed E-state index contributed by atoms with van der Waals surface area (Å²) >= 11 is 0. The Morgan fingerprint density at radius 3 is 2.00 bits per heavy atom. The third-order valence-electron chi connectivity index (χ3n) is 2.40. The van der Waals surface area contributed by atoms with Crippen LogP contribution in [-0.4, -0.2) is 22.8 Å². The van der Waals surface area contributed by atoms with Crippen LogP contribution >= 0.6 is 0 Å². The van der Waals surface area contributed by atoms with E-state index in [1.54, 1.807) is 0 Å². The Balaban J connectivity index is 3.12. The topological polar surface area (TPSA) is 8.81 Å². The summed E-state index contributed by atoms with van der Waals surface area (Å²) in [6.45, 7) is 1.68. The van der Waals surface area contributed by atoms with Gasteiger partial charge in [0.1, 0.15) is 12.4 Å². The van der Waals surface area contributed by atoms with Crippen molar-refractivity contribution in [1.29, 1.82) is 0 Å². The van der Waals surface area contributed by atoms with E-state index in [2.05, 4.69) is 0 Å². The largest absolute Gasteiger partial charge is 0.456 e. The number of aromatic nitrogens is 2. The van der Waals surface area contributed by atoms with Crippen LogP contribution in [0.5, 0.6) is 0 Å². The molecular formula is C9H9F8N2+. The second kappa shape index (κ2) is 4.64. The lowest BCUT2D eigenvalue weighted by atomic mass is 10.1. The molecule has 0 spiro atoms. The van der Waals surface area contributed by atoms with Crippen LogP contribution in [0.2, 0.25) is 0 Å². The van der Waals surface area contributed by atoms with Crippen LogP contribution in [0.4, 0.5) is 35.1 Å². The predicted molar refractivity (Wildman–Crippen MR) is 46.4 cm³/mol. The standard InChI is InChI=1S/C9H9F8N2/c1-2-18-3-4-19(5-18)8(13,14)6(10)7(11,12)9(15,16)17/h3-6H,2H2,1H3/q+1. The summed E-state index contributed by atoms with van der Waals surface area (Å²) in [4.78, 5) is 0. The second-order valence-corrected chi connectivity index (χ2v) is 3.72. The third kappa shape index (κ3) is 2.66. The Morgan fingerprint density at radius 1 is 1.11 bits per heavy atom. The van der Waals surface area contributed by atoms with E-state index in [1.807, 2.05) is 0 Å². The normalized spacial score (nSPS) is 15.6. The minimum atomic E-state index is -6.40. The summed E-state index contributed by atoms with van der Waals surface area (Å²) in [6, 6.07) is -5.03. The van der Waals surface area contributed by atoms with E-state index in [0.717, 1.165) is 10.8 Å². The molecule has 0 N–H and O–H groups in total. The van der Waals surface area contributed by atoms with E-state index >= 15 is 0 Å². The Bertz CT molecular complexity index is 436. The van der Waals surface area contributed by atoms with Crippen LogP contribution in [0.15, 0.2) is 18.7 Å². The van der Waals surface area contributed by atoms with Crippen LogP contribution in [0.1, 0.15) is 6.92 Å². The highest BCUT2D eigenvalue weighted by Crippen LogP contribution is 2.46. The van der Waals surface area contributed by atoms with Crippen molar-refractivity contribution in [2.75, 3.05) is 0 Å². The molecule has 0 aliphatic carbocycles. The van der Waals surface area contributed by atoms with Crippen LogP contribution < -0.4 is 4.57 Å². The molecule has 0 fully saturated rings. The molecule has 1 heterocycles. The van der Waals surface area contributed by atoms with E-state index in [0.29, 0.717) is 12.5 Å². The average Bonchev–Trinajstić information content (AvgIpc) is 2.75. The highest BCUT2D eigenvalue weighted by atomic mass is 19.4. The van der Waals surface area contributed by atoms with Crippen molar-refractivity contribution in [3.8, 4) is 0 Å². The Hall–Kier alpha value is -1.35. The van der Waals surface area contributed by atoms with Gasteiger partial charge in [0.15, 0.2) is 0 Å². The molecule has 1 aromatic rings. The van der Waals surface area contributed by atoms with E-state index in [-0.39, 0.29) is 11.1 Å². The van der Waals surface area contributed by atoms with Gasteiger partial charge in [0.25, 0.3) is 6.17 Å². The number of alkyl halides is 8. The summed E-state index contributed by atoms with van der Waals surface area (Å²) in [5, 5.41) is 0. The van der Waals surface area contributed by atoms with Gasteiger partial charge >= 0.3 is 18.1 Å². The predicted octanol–water partition coefficient (Wildman–Crippen LogP) is 2.88. The molecule has 2 nitrogen and oxygen atoms in total. The molecule has 19 heavy (non-hydrogen) atoms. The van der Waals surface area contributed by atoms with E-state index in [9.17, 15) is 35.1 Å². The van der Waals surface area contributed by atoms with Gasteiger partial charge in [0, 0.05) is 0 Å². The Labute approximate surface area is 102 Å². The average molecular weight is 297 g/mol. The van der Waals surface area contributed by atoms with Gasteiger partial charge in [-0.25, -0.2) is 8.96 Å². The molecule has 1 atom stereocenters. The van der Waals surface area contributed by atoms with Crippen molar-refractivity contribution >= 4 is 0 Å². The SMILES string of the molecule is CC[n+]1ccn(C(F)(F)C(F)C(F)(F)C(F)(F)F)c1. The molecule has 1 aromatic heterocycles.